The molecule has 17 heavy (non-hydrogen) atoms. The van der Waals surface area contributed by atoms with E-state index in [0.29, 0.717) is 5.92 Å². The van der Waals surface area contributed by atoms with Crippen LogP contribution in [0.25, 0.3) is 0 Å². The Hall–Kier alpha value is -0.860. The van der Waals surface area contributed by atoms with E-state index in [4.69, 9.17) is 4.74 Å². The molecule has 2 nitrogen and oxygen atoms in total. The fourth-order valence-corrected chi connectivity index (χ4v) is 1.88. The lowest BCUT2D eigenvalue weighted by atomic mass is 9.99. The van der Waals surface area contributed by atoms with E-state index in [-0.39, 0.29) is 0 Å². The first kappa shape index (κ1) is 14.2. The molecule has 1 N–H and O–H groups in total. The fourth-order valence-electron chi connectivity index (χ4n) is 1.88. The van der Waals surface area contributed by atoms with Crippen molar-refractivity contribution >= 4 is 0 Å². The van der Waals surface area contributed by atoms with Gasteiger partial charge in [-0.3, -0.25) is 0 Å². The number of nitrogens with one attached hydrogen (secondary N) is 1. The van der Waals surface area contributed by atoms with E-state index in [0.717, 1.165) is 32.7 Å². The van der Waals surface area contributed by atoms with Crippen LogP contribution in [0.2, 0.25) is 0 Å². The predicted octanol–water partition coefficient (Wildman–Crippen LogP) is 2.80. The summed E-state index contributed by atoms with van der Waals surface area (Å²) in [5.41, 5.74) is 2.72. The zero-order valence-electron chi connectivity index (χ0n) is 11.3. The molecule has 0 aromatic heterocycles. The minimum Gasteiger partial charge on any atom is -0.381 e. The highest BCUT2D eigenvalue weighted by molar-refractivity contribution is 5.21. The van der Waals surface area contributed by atoms with Crippen LogP contribution in [-0.4, -0.2) is 26.3 Å². The molecule has 0 fully saturated rings. The van der Waals surface area contributed by atoms with Crippen molar-refractivity contribution in [3.63, 3.8) is 0 Å². The smallest absolute Gasteiger partial charge is 0.0509 e. The monoisotopic (exact) mass is 235 g/mol. The quantitative estimate of drug-likeness (QED) is 0.748. The summed E-state index contributed by atoms with van der Waals surface area (Å²) >= 11 is 0. The summed E-state index contributed by atoms with van der Waals surface area (Å²) in [4.78, 5) is 0. The van der Waals surface area contributed by atoms with Gasteiger partial charge in [-0.2, -0.15) is 0 Å². The molecule has 0 saturated heterocycles. The summed E-state index contributed by atoms with van der Waals surface area (Å²) in [6.07, 6.45) is 1.09. The summed E-state index contributed by atoms with van der Waals surface area (Å²) in [5, 5.41) is 3.41. The van der Waals surface area contributed by atoms with Crippen molar-refractivity contribution in [2.45, 2.75) is 27.2 Å². The SMILES string of the molecule is CCNCC(COCC)Cc1ccc(C)cc1. The average molecular weight is 235 g/mol. The van der Waals surface area contributed by atoms with Gasteiger partial charge in [0.1, 0.15) is 0 Å². The molecule has 0 radical (unpaired) electrons. The molecule has 0 heterocycles. The molecule has 1 unspecified atom stereocenters. The first-order valence-electron chi connectivity index (χ1n) is 6.60. The third kappa shape index (κ3) is 5.85. The van der Waals surface area contributed by atoms with Gasteiger partial charge in [0, 0.05) is 13.2 Å². The van der Waals surface area contributed by atoms with E-state index < -0.39 is 0 Å². The first-order valence-corrected chi connectivity index (χ1v) is 6.60. The Morgan fingerprint density at radius 3 is 2.47 bits per heavy atom. The van der Waals surface area contributed by atoms with Crippen LogP contribution in [0.15, 0.2) is 24.3 Å². The van der Waals surface area contributed by atoms with Gasteiger partial charge in [-0.1, -0.05) is 36.8 Å². The maximum Gasteiger partial charge on any atom is 0.0509 e. The molecule has 0 aliphatic carbocycles. The van der Waals surface area contributed by atoms with Crippen LogP contribution in [0.5, 0.6) is 0 Å². The topological polar surface area (TPSA) is 21.3 Å². The van der Waals surface area contributed by atoms with Crippen molar-refractivity contribution in [2.75, 3.05) is 26.3 Å². The molecular formula is C15H25NO. The van der Waals surface area contributed by atoms with Crippen LogP contribution in [0.3, 0.4) is 0 Å². The summed E-state index contributed by atoms with van der Waals surface area (Å²) < 4.78 is 5.55. The van der Waals surface area contributed by atoms with Crippen LogP contribution in [0.1, 0.15) is 25.0 Å². The highest BCUT2D eigenvalue weighted by Gasteiger charge is 2.09. The highest BCUT2D eigenvalue weighted by atomic mass is 16.5. The zero-order chi connectivity index (χ0) is 12.5. The van der Waals surface area contributed by atoms with Gasteiger partial charge in [-0.25, -0.2) is 0 Å². The van der Waals surface area contributed by atoms with Crippen LogP contribution >= 0.6 is 0 Å². The minimum absolute atomic E-state index is 0.567. The van der Waals surface area contributed by atoms with Crippen LogP contribution in [-0.2, 0) is 11.2 Å². The van der Waals surface area contributed by atoms with Crippen molar-refractivity contribution in [2.24, 2.45) is 5.92 Å². The Labute approximate surface area is 105 Å². The predicted molar refractivity (Wildman–Crippen MR) is 73.4 cm³/mol. The number of hydrogen-bond acceptors (Lipinski definition) is 2. The number of aryl methyl sites for hydroxylation is 1. The summed E-state index contributed by atoms with van der Waals surface area (Å²) in [7, 11) is 0. The molecule has 0 saturated carbocycles. The molecule has 1 aromatic rings. The largest absolute Gasteiger partial charge is 0.381 e. The van der Waals surface area contributed by atoms with Gasteiger partial charge in [0.05, 0.1) is 6.61 Å². The van der Waals surface area contributed by atoms with Crippen LogP contribution in [0, 0.1) is 12.8 Å². The third-order valence-electron chi connectivity index (χ3n) is 2.89. The van der Waals surface area contributed by atoms with E-state index >= 15 is 0 Å². The highest BCUT2D eigenvalue weighted by Crippen LogP contribution is 2.10. The van der Waals surface area contributed by atoms with Gasteiger partial charge < -0.3 is 10.1 Å². The molecule has 0 aliphatic heterocycles. The molecule has 0 aliphatic rings. The van der Waals surface area contributed by atoms with E-state index in [9.17, 15) is 0 Å². The number of benzene rings is 1. The van der Waals surface area contributed by atoms with Crippen molar-refractivity contribution in [3.8, 4) is 0 Å². The summed E-state index contributed by atoms with van der Waals surface area (Å²) in [6.45, 7) is 10.0. The fraction of sp³-hybridized carbons (Fsp3) is 0.600. The molecule has 1 rings (SSSR count). The van der Waals surface area contributed by atoms with Crippen molar-refractivity contribution in [3.05, 3.63) is 35.4 Å². The van der Waals surface area contributed by atoms with Gasteiger partial charge in [0.25, 0.3) is 0 Å². The molecule has 0 amide bonds. The molecule has 2 heteroatoms. The molecular weight excluding hydrogens is 210 g/mol. The van der Waals surface area contributed by atoms with Gasteiger partial charge in [-0.05, 0) is 38.3 Å². The standard InChI is InChI=1S/C15H25NO/c1-4-16-11-15(12-17-5-2)10-14-8-6-13(3)7-9-14/h6-9,15-16H,4-5,10-12H2,1-3H3. The van der Waals surface area contributed by atoms with Gasteiger partial charge in [-0.15, -0.1) is 0 Å². The third-order valence-corrected chi connectivity index (χ3v) is 2.89. The zero-order valence-corrected chi connectivity index (χ0v) is 11.3. The Balaban J connectivity index is 2.48. The van der Waals surface area contributed by atoms with Crippen molar-refractivity contribution in [1.82, 2.24) is 5.32 Å². The maximum absolute atomic E-state index is 5.55. The number of hydrogen-bond donors (Lipinski definition) is 1. The normalized spacial score (nSPS) is 12.6. The van der Waals surface area contributed by atoms with Gasteiger partial charge >= 0.3 is 0 Å². The Kier molecular flexibility index (Phi) is 6.90. The van der Waals surface area contributed by atoms with E-state index in [1.807, 2.05) is 0 Å². The first-order chi connectivity index (χ1) is 8.26. The molecule has 1 atom stereocenters. The minimum atomic E-state index is 0.567. The lowest BCUT2D eigenvalue weighted by molar-refractivity contribution is 0.110. The van der Waals surface area contributed by atoms with Gasteiger partial charge in [0.15, 0.2) is 0 Å². The second kappa shape index (κ2) is 8.26. The second-order valence-corrected chi connectivity index (χ2v) is 4.52. The Bertz CT molecular complexity index is 286. The Morgan fingerprint density at radius 1 is 1.18 bits per heavy atom. The van der Waals surface area contributed by atoms with E-state index in [1.54, 1.807) is 0 Å². The lowest BCUT2D eigenvalue weighted by Crippen LogP contribution is -2.27. The van der Waals surface area contributed by atoms with E-state index in [2.05, 4.69) is 50.4 Å². The lowest BCUT2D eigenvalue weighted by Gasteiger charge is -2.17. The Morgan fingerprint density at radius 2 is 1.88 bits per heavy atom. The molecule has 0 bridgehead atoms. The summed E-state index contributed by atoms with van der Waals surface area (Å²) in [5.74, 6) is 0.567. The van der Waals surface area contributed by atoms with Crippen LogP contribution in [0.4, 0.5) is 0 Å². The maximum atomic E-state index is 5.55. The van der Waals surface area contributed by atoms with Crippen LogP contribution < -0.4 is 5.32 Å². The number of ether oxygens (including phenoxy) is 1. The average Bonchev–Trinajstić information content (AvgIpc) is 2.35. The van der Waals surface area contributed by atoms with Crippen molar-refractivity contribution in [1.29, 1.82) is 0 Å². The number of rotatable bonds is 8. The molecule has 1 aromatic carbocycles. The van der Waals surface area contributed by atoms with E-state index in [1.165, 1.54) is 11.1 Å². The molecule has 96 valence electrons. The summed E-state index contributed by atoms with van der Waals surface area (Å²) in [6, 6.07) is 8.81. The van der Waals surface area contributed by atoms with Gasteiger partial charge in [0.2, 0.25) is 0 Å². The second-order valence-electron chi connectivity index (χ2n) is 4.52. The van der Waals surface area contributed by atoms with Crippen molar-refractivity contribution < 1.29 is 4.74 Å². The molecule has 0 spiro atoms.